The van der Waals surface area contributed by atoms with Crippen LogP contribution in [0.1, 0.15) is 39.5 Å². The van der Waals surface area contributed by atoms with Crippen LogP contribution in [0.25, 0.3) is 0 Å². The number of hydrogen-bond acceptors (Lipinski definition) is 4. The number of nitrogen functional groups attached to an aromatic ring is 1. The molecule has 16 heavy (non-hydrogen) atoms. The molecule has 0 fully saturated rings. The summed E-state index contributed by atoms with van der Waals surface area (Å²) in [4.78, 5) is 3.84. The van der Waals surface area contributed by atoms with Crippen LogP contribution in [0.15, 0.2) is 10.6 Å². The summed E-state index contributed by atoms with van der Waals surface area (Å²) >= 11 is 0. The first-order valence-corrected chi connectivity index (χ1v) is 8.00. The Bertz CT molecular complexity index is 351. The molecule has 0 saturated carbocycles. The average molecular weight is 244 g/mol. The Labute approximate surface area is 97.0 Å². The molecule has 0 unspecified atom stereocenters. The van der Waals surface area contributed by atoms with Gasteiger partial charge < -0.3 is 14.7 Å². The molecule has 0 aliphatic carbocycles. The molecule has 0 atom stereocenters. The molecule has 0 aliphatic heterocycles. The van der Waals surface area contributed by atoms with Gasteiger partial charge in [0, 0.05) is 12.3 Å². The summed E-state index contributed by atoms with van der Waals surface area (Å²) in [7, 11) is -2.39. The van der Waals surface area contributed by atoms with E-state index in [4.69, 9.17) is 10.2 Å². The third-order valence-corrected chi connectivity index (χ3v) is 5.75. The van der Waals surface area contributed by atoms with Gasteiger partial charge in [0.2, 0.25) is 0 Å². The van der Waals surface area contributed by atoms with Gasteiger partial charge >= 0.3 is 0 Å². The van der Waals surface area contributed by atoms with Crippen LogP contribution in [0.4, 0.5) is 6.01 Å². The van der Waals surface area contributed by atoms with Gasteiger partial charge in [0.1, 0.15) is 0 Å². The standard InChI is InChI=1S/C11H21N2O2P/c1-3-5-7-16(14,8-6-4-2)10-9-13-11(12)15-10/h9H,3-8H2,1-2H3,(H2,12,13). The summed E-state index contributed by atoms with van der Waals surface area (Å²) < 4.78 is 18.0. The molecule has 5 heteroatoms. The highest BCUT2D eigenvalue weighted by molar-refractivity contribution is 7.71. The third kappa shape index (κ3) is 3.38. The van der Waals surface area contributed by atoms with Crippen molar-refractivity contribution in [2.24, 2.45) is 0 Å². The minimum absolute atomic E-state index is 0.114. The van der Waals surface area contributed by atoms with Crippen LogP contribution in [0.5, 0.6) is 0 Å². The van der Waals surface area contributed by atoms with Gasteiger partial charge in [-0.1, -0.05) is 26.7 Å². The molecule has 0 radical (unpaired) electrons. The molecule has 92 valence electrons. The van der Waals surface area contributed by atoms with Crippen molar-refractivity contribution in [2.75, 3.05) is 18.1 Å². The Morgan fingerprint density at radius 1 is 1.31 bits per heavy atom. The molecule has 0 saturated heterocycles. The lowest BCUT2D eigenvalue weighted by molar-refractivity contribution is 0.557. The van der Waals surface area contributed by atoms with Crippen molar-refractivity contribution in [1.29, 1.82) is 0 Å². The monoisotopic (exact) mass is 244 g/mol. The van der Waals surface area contributed by atoms with E-state index in [1.807, 2.05) is 0 Å². The van der Waals surface area contributed by atoms with Crippen molar-refractivity contribution in [2.45, 2.75) is 39.5 Å². The number of oxazole rings is 1. The first kappa shape index (κ1) is 13.3. The zero-order chi connectivity index (χ0) is 12.0. The summed E-state index contributed by atoms with van der Waals surface area (Å²) in [6, 6.07) is 0.114. The van der Waals surface area contributed by atoms with Crippen LogP contribution in [0.3, 0.4) is 0 Å². The summed E-state index contributed by atoms with van der Waals surface area (Å²) in [5, 5.41) is 0. The first-order chi connectivity index (χ1) is 7.62. The number of unbranched alkanes of at least 4 members (excludes halogenated alkanes) is 2. The SMILES string of the molecule is CCCCP(=O)(CCCC)c1cnc(N)o1. The largest absolute Gasteiger partial charge is 0.421 e. The predicted molar refractivity (Wildman–Crippen MR) is 67.7 cm³/mol. The summed E-state index contributed by atoms with van der Waals surface area (Å²) in [6.45, 7) is 4.19. The number of rotatable bonds is 7. The molecule has 1 heterocycles. The minimum Gasteiger partial charge on any atom is -0.421 e. The van der Waals surface area contributed by atoms with E-state index < -0.39 is 7.14 Å². The quantitative estimate of drug-likeness (QED) is 0.749. The average Bonchev–Trinajstić information content (AvgIpc) is 2.71. The predicted octanol–water partition coefficient (Wildman–Crippen LogP) is 2.85. The lowest BCUT2D eigenvalue weighted by atomic mass is 10.4. The van der Waals surface area contributed by atoms with Crippen LogP contribution in [-0.2, 0) is 4.57 Å². The summed E-state index contributed by atoms with van der Waals surface area (Å²) in [6.07, 6.45) is 6.94. The van der Waals surface area contributed by atoms with Gasteiger partial charge in [-0.3, -0.25) is 0 Å². The molecule has 1 aromatic heterocycles. The maximum atomic E-state index is 12.8. The van der Waals surface area contributed by atoms with E-state index in [1.165, 1.54) is 6.20 Å². The molecule has 1 rings (SSSR count). The van der Waals surface area contributed by atoms with Crippen LogP contribution >= 0.6 is 7.14 Å². The third-order valence-electron chi connectivity index (χ3n) is 2.66. The van der Waals surface area contributed by atoms with Crippen molar-refractivity contribution in [3.8, 4) is 0 Å². The van der Waals surface area contributed by atoms with Gasteiger partial charge in [-0.2, -0.15) is 0 Å². The Kier molecular flexibility index (Phi) is 5.07. The van der Waals surface area contributed by atoms with E-state index in [0.717, 1.165) is 25.7 Å². The molecule has 0 spiro atoms. The van der Waals surface area contributed by atoms with Crippen molar-refractivity contribution < 1.29 is 8.98 Å². The van der Waals surface area contributed by atoms with Crippen molar-refractivity contribution in [3.05, 3.63) is 6.20 Å². The molecule has 0 aliphatic rings. The van der Waals surface area contributed by atoms with Crippen LogP contribution in [-0.4, -0.2) is 17.3 Å². The fourth-order valence-electron chi connectivity index (χ4n) is 1.63. The fraction of sp³-hybridized carbons (Fsp3) is 0.727. The number of nitrogens with two attached hydrogens (primary N) is 1. The van der Waals surface area contributed by atoms with Gasteiger partial charge in [-0.25, -0.2) is 4.98 Å². The van der Waals surface area contributed by atoms with Crippen LogP contribution in [0, 0.1) is 0 Å². The van der Waals surface area contributed by atoms with E-state index in [0.29, 0.717) is 17.8 Å². The zero-order valence-corrected chi connectivity index (χ0v) is 11.0. The van der Waals surface area contributed by atoms with Gasteiger partial charge in [-0.05, 0) is 12.8 Å². The van der Waals surface area contributed by atoms with E-state index in [-0.39, 0.29) is 6.01 Å². The first-order valence-electron chi connectivity index (χ1n) is 5.92. The summed E-state index contributed by atoms with van der Waals surface area (Å²) in [5.74, 6) is 0. The highest BCUT2D eigenvalue weighted by atomic mass is 31.2. The van der Waals surface area contributed by atoms with E-state index >= 15 is 0 Å². The number of anilines is 1. The van der Waals surface area contributed by atoms with E-state index in [1.54, 1.807) is 0 Å². The fourth-order valence-corrected chi connectivity index (χ4v) is 4.47. The second kappa shape index (κ2) is 6.09. The molecular formula is C11H21N2O2P. The molecule has 2 N–H and O–H groups in total. The van der Waals surface area contributed by atoms with Gasteiger partial charge in [0.15, 0.2) is 12.6 Å². The van der Waals surface area contributed by atoms with Crippen molar-refractivity contribution >= 4 is 18.7 Å². The van der Waals surface area contributed by atoms with Gasteiger partial charge in [-0.15, -0.1) is 0 Å². The Balaban J connectivity index is 2.81. The number of aromatic nitrogens is 1. The van der Waals surface area contributed by atoms with Crippen LogP contribution in [0.2, 0.25) is 0 Å². The lowest BCUT2D eigenvalue weighted by Gasteiger charge is -2.14. The maximum Gasteiger partial charge on any atom is 0.292 e. The molecule has 0 amide bonds. The number of hydrogen-bond donors (Lipinski definition) is 1. The topological polar surface area (TPSA) is 69.1 Å². The Hall–Kier alpha value is -0.760. The highest BCUT2D eigenvalue weighted by Gasteiger charge is 2.27. The number of nitrogens with zero attached hydrogens (tertiary/aromatic N) is 1. The molecular weight excluding hydrogens is 223 g/mol. The Morgan fingerprint density at radius 2 is 1.88 bits per heavy atom. The van der Waals surface area contributed by atoms with Gasteiger partial charge in [0.05, 0.1) is 6.20 Å². The molecule has 1 aromatic rings. The normalized spacial score (nSPS) is 11.9. The van der Waals surface area contributed by atoms with E-state index in [2.05, 4.69) is 18.8 Å². The molecule has 0 bridgehead atoms. The maximum absolute atomic E-state index is 12.8. The summed E-state index contributed by atoms with van der Waals surface area (Å²) in [5.41, 5.74) is 5.94. The lowest BCUT2D eigenvalue weighted by Crippen LogP contribution is -2.09. The second-order valence-electron chi connectivity index (χ2n) is 4.08. The Morgan fingerprint density at radius 3 is 2.25 bits per heavy atom. The second-order valence-corrected chi connectivity index (χ2v) is 7.19. The van der Waals surface area contributed by atoms with Gasteiger partial charge in [0.25, 0.3) is 6.01 Å². The van der Waals surface area contributed by atoms with Crippen molar-refractivity contribution in [1.82, 2.24) is 4.98 Å². The molecule has 0 aromatic carbocycles. The zero-order valence-electron chi connectivity index (χ0n) is 10.1. The molecule has 4 nitrogen and oxygen atoms in total. The van der Waals surface area contributed by atoms with Crippen LogP contribution < -0.4 is 11.2 Å². The smallest absolute Gasteiger partial charge is 0.292 e. The highest BCUT2D eigenvalue weighted by Crippen LogP contribution is 2.46. The van der Waals surface area contributed by atoms with Crippen molar-refractivity contribution in [3.63, 3.8) is 0 Å². The van der Waals surface area contributed by atoms with E-state index in [9.17, 15) is 4.57 Å². The minimum atomic E-state index is -2.39.